The average Bonchev–Trinajstić information content (AvgIpc) is 2.83. The van der Waals surface area contributed by atoms with Gasteiger partial charge in [-0.3, -0.25) is 4.79 Å². The second kappa shape index (κ2) is 4.97. The molecule has 100 valence electrons. The summed E-state index contributed by atoms with van der Waals surface area (Å²) in [6, 6.07) is 4.63. The van der Waals surface area contributed by atoms with Crippen LogP contribution in [0.15, 0.2) is 36.7 Å². The Balaban J connectivity index is 2.33. The molecule has 2 aromatic rings. The summed E-state index contributed by atoms with van der Waals surface area (Å²) in [5, 5.41) is 2.16. The van der Waals surface area contributed by atoms with Gasteiger partial charge in [-0.15, -0.1) is 0 Å². The van der Waals surface area contributed by atoms with Crippen LogP contribution in [-0.4, -0.2) is 10.9 Å². The van der Waals surface area contributed by atoms with Gasteiger partial charge in [0.2, 0.25) is 0 Å². The molecule has 0 unspecified atom stereocenters. The van der Waals surface area contributed by atoms with Crippen molar-refractivity contribution in [3.63, 3.8) is 0 Å². The maximum Gasteiger partial charge on any atom is 0.418 e. The predicted octanol–water partition coefficient (Wildman–Crippen LogP) is 3.94. The first kappa shape index (κ1) is 13.5. The third kappa shape index (κ3) is 3.08. The first-order chi connectivity index (χ1) is 8.88. The maximum atomic E-state index is 12.8. The summed E-state index contributed by atoms with van der Waals surface area (Å²) in [5.41, 5.74) is -1.07. The topological polar surface area (TPSA) is 44.9 Å². The largest absolute Gasteiger partial charge is 0.418 e. The van der Waals surface area contributed by atoms with Crippen LogP contribution >= 0.6 is 11.6 Å². The molecule has 0 aliphatic rings. The van der Waals surface area contributed by atoms with Gasteiger partial charge in [0, 0.05) is 17.4 Å². The number of aromatic nitrogens is 1. The Morgan fingerprint density at radius 2 is 2.00 bits per heavy atom. The number of aromatic amines is 1. The summed E-state index contributed by atoms with van der Waals surface area (Å²) >= 11 is 5.54. The summed E-state index contributed by atoms with van der Waals surface area (Å²) in [6.07, 6.45) is -1.70. The van der Waals surface area contributed by atoms with Gasteiger partial charge in [-0.1, -0.05) is 11.6 Å². The highest BCUT2D eigenvalue weighted by Crippen LogP contribution is 2.36. The molecule has 0 saturated heterocycles. The van der Waals surface area contributed by atoms with Crippen LogP contribution in [-0.2, 0) is 6.18 Å². The van der Waals surface area contributed by atoms with Crippen molar-refractivity contribution in [3.8, 4) is 0 Å². The molecule has 1 amide bonds. The molecule has 1 aromatic heterocycles. The van der Waals surface area contributed by atoms with Crippen LogP contribution in [0.25, 0.3) is 0 Å². The van der Waals surface area contributed by atoms with Crippen molar-refractivity contribution in [3.05, 3.63) is 52.8 Å². The number of H-pyrrole nitrogens is 1. The standard InChI is InChI=1S/C12H8ClF3N2O/c13-8-1-2-10(9(5-8)12(14,15)16)18-11(19)7-3-4-17-6-7/h1-6,17H,(H,18,19). The molecule has 1 aromatic carbocycles. The number of carbonyl (C=O) groups is 1. The Hall–Kier alpha value is -1.95. The number of amides is 1. The molecule has 3 nitrogen and oxygen atoms in total. The lowest BCUT2D eigenvalue weighted by Crippen LogP contribution is -2.16. The van der Waals surface area contributed by atoms with Crippen LogP contribution < -0.4 is 5.32 Å². The molecule has 1 heterocycles. The summed E-state index contributed by atoms with van der Waals surface area (Å²) in [5.74, 6) is -0.630. The monoisotopic (exact) mass is 288 g/mol. The fraction of sp³-hybridized carbons (Fsp3) is 0.0833. The number of alkyl halides is 3. The molecule has 0 fully saturated rings. The number of carbonyl (C=O) groups excluding carboxylic acids is 1. The molecule has 0 atom stereocenters. The lowest BCUT2D eigenvalue weighted by Gasteiger charge is -2.13. The Morgan fingerprint density at radius 1 is 1.26 bits per heavy atom. The summed E-state index contributed by atoms with van der Waals surface area (Å²) in [4.78, 5) is 14.4. The predicted molar refractivity (Wildman–Crippen MR) is 65.2 cm³/mol. The summed E-state index contributed by atoms with van der Waals surface area (Å²) < 4.78 is 38.4. The van der Waals surface area contributed by atoms with Crippen LogP contribution in [0.5, 0.6) is 0 Å². The highest BCUT2D eigenvalue weighted by atomic mass is 35.5. The van der Waals surface area contributed by atoms with Crippen molar-refractivity contribution in [2.45, 2.75) is 6.18 Å². The molecule has 2 rings (SSSR count). The third-order valence-corrected chi connectivity index (χ3v) is 2.63. The fourth-order valence-corrected chi connectivity index (χ4v) is 1.69. The SMILES string of the molecule is O=C(Nc1ccc(Cl)cc1C(F)(F)F)c1cc[nH]c1. The van der Waals surface area contributed by atoms with Crippen LogP contribution in [0.3, 0.4) is 0 Å². The van der Waals surface area contributed by atoms with E-state index in [4.69, 9.17) is 11.6 Å². The van der Waals surface area contributed by atoms with E-state index in [9.17, 15) is 18.0 Å². The molecule has 0 spiro atoms. The molecule has 0 aliphatic heterocycles. The quantitative estimate of drug-likeness (QED) is 0.864. The van der Waals surface area contributed by atoms with E-state index in [1.165, 1.54) is 24.5 Å². The van der Waals surface area contributed by atoms with E-state index in [2.05, 4.69) is 10.3 Å². The van der Waals surface area contributed by atoms with Gasteiger partial charge in [0.1, 0.15) is 0 Å². The molecule has 7 heteroatoms. The Kier molecular flexibility index (Phi) is 3.53. The van der Waals surface area contributed by atoms with Crippen molar-refractivity contribution < 1.29 is 18.0 Å². The molecule has 0 radical (unpaired) electrons. The van der Waals surface area contributed by atoms with Crippen molar-refractivity contribution in [1.29, 1.82) is 0 Å². The average molecular weight is 289 g/mol. The van der Waals surface area contributed by atoms with Crippen LogP contribution in [0.2, 0.25) is 5.02 Å². The Labute approximate surface area is 111 Å². The number of nitrogens with one attached hydrogen (secondary N) is 2. The lowest BCUT2D eigenvalue weighted by atomic mass is 10.1. The zero-order valence-corrected chi connectivity index (χ0v) is 10.1. The number of benzene rings is 1. The van der Waals surface area contributed by atoms with E-state index in [0.29, 0.717) is 0 Å². The third-order valence-electron chi connectivity index (χ3n) is 2.40. The van der Waals surface area contributed by atoms with E-state index in [0.717, 1.165) is 12.1 Å². The molecule has 19 heavy (non-hydrogen) atoms. The molecule has 0 saturated carbocycles. The van der Waals surface area contributed by atoms with Gasteiger partial charge < -0.3 is 10.3 Å². The highest BCUT2D eigenvalue weighted by Gasteiger charge is 2.34. The second-order valence-corrected chi connectivity index (χ2v) is 4.18. The Bertz CT molecular complexity index is 594. The first-order valence-electron chi connectivity index (χ1n) is 5.19. The van der Waals surface area contributed by atoms with Crippen molar-refractivity contribution in [1.82, 2.24) is 4.98 Å². The minimum Gasteiger partial charge on any atom is -0.367 e. The van der Waals surface area contributed by atoms with E-state index < -0.39 is 17.6 Å². The number of hydrogen-bond acceptors (Lipinski definition) is 1. The number of rotatable bonds is 2. The number of halogens is 4. The van der Waals surface area contributed by atoms with Crippen molar-refractivity contribution in [2.24, 2.45) is 0 Å². The van der Waals surface area contributed by atoms with Crippen molar-refractivity contribution in [2.75, 3.05) is 5.32 Å². The lowest BCUT2D eigenvalue weighted by molar-refractivity contribution is -0.136. The van der Waals surface area contributed by atoms with Crippen LogP contribution in [0.1, 0.15) is 15.9 Å². The van der Waals surface area contributed by atoms with E-state index >= 15 is 0 Å². The first-order valence-corrected chi connectivity index (χ1v) is 5.56. The van der Waals surface area contributed by atoms with Gasteiger partial charge in [0.15, 0.2) is 0 Å². The summed E-state index contributed by atoms with van der Waals surface area (Å²) in [6.45, 7) is 0. The molecule has 0 aliphatic carbocycles. The smallest absolute Gasteiger partial charge is 0.367 e. The molecule has 2 N–H and O–H groups in total. The minimum atomic E-state index is -4.59. The second-order valence-electron chi connectivity index (χ2n) is 3.74. The van der Waals surface area contributed by atoms with Gasteiger partial charge in [-0.2, -0.15) is 13.2 Å². The fourth-order valence-electron chi connectivity index (χ4n) is 1.52. The number of hydrogen-bond donors (Lipinski definition) is 2. The maximum absolute atomic E-state index is 12.8. The minimum absolute atomic E-state index is 0.0491. The van der Waals surface area contributed by atoms with Gasteiger partial charge in [0.05, 0.1) is 16.8 Å². The highest BCUT2D eigenvalue weighted by molar-refractivity contribution is 6.30. The molecule has 0 bridgehead atoms. The van der Waals surface area contributed by atoms with Crippen LogP contribution in [0.4, 0.5) is 18.9 Å². The zero-order valence-electron chi connectivity index (χ0n) is 9.38. The zero-order chi connectivity index (χ0) is 14.0. The van der Waals surface area contributed by atoms with Crippen molar-refractivity contribution >= 4 is 23.2 Å². The van der Waals surface area contributed by atoms with Gasteiger partial charge in [-0.25, -0.2) is 0 Å². The van der Waals surface area contributed by atoms with E-state index in [1.807, 2.05) is 0 Å². The van der Waals surface area contributed by atoms with Crippen LogP contribution in [0, 0.1) is 0 Å². The Morgan fingerprint density at radius 3 is 2.58 bits per heavy atom. The van der Waals surface area contributed by atoms with Gasteiger partial charge in [-0.05, 0) is 24.3 Å². The number of anilines is 1. The van der Waals surface area contributed by atoms with E-state index in [-0.39, 0.29) is 16.3 Å². The molecular weight excluding hydrogens is 281 g/mol. The van der Waals surface area contributed by atoms with Gasteiger partial charge >= 0.3 is 6.18 Å². The summed E-state index contributed by atoms with van der Waals surface area (Å²) in [7, 11) is 0. The molecular formula is C12H8ClF3N2O. The van der Waals surface area contributed by atoms with E-state index in [1.54, 1.807) is 0 Å². The van der Waals surface area contributed by atoms with Gasteiger partial charge in [0.25, 0.3) is 5.91 Å². The normalized spacial score (nSPS) is 11.4.